The van der Waals surface area contributed by atoms with Crippen LogP contribution in [0.2, 0.25) is 0 Å². The molecule has 0 aliphatic carbocycles. The maximum atomic E-state index is 5.59. The molecule has 0 saturated heterocycles. The molecule has 0 radical (unpaired) electrons. The Morgan fingerprint density at radius 2 is 2.29 bits per heavy atom. The topological polar surface area (TPSA) is 66.0 Å². The Morgan fingerprint density at radius 3 is 3.00 bits per heavy atom. The number of aromatic nitrogens is 3. The zero-order chi connectivity index (χ0) is 12.3. The standard InChI is InChI=1S/C11H13BrN4O/c1-17-10-3-2-9(12)4-8(10)6-16-11(5-13)14-7-15-16/h2-4,7H,5-6,13H2,1H3. The maximum Gasteiger partial charge on any atom is 0.140 e. The Morgan fingerprint density at radius 1 is 1.47 bits per heavy atom. The lowest BCUT2D eigenvalue weighted by molar-refractivity contribution is 0.406. The van der Waals surface area contributed by atoms with Crippen LogP contribution in [0.5, 0.6) is 5.75 Å². The molecule has 0 aliphatic rings. The van der Waals surface area contributed by atoms with Gasteiger partial charge in [-0.2, -0.15) is 5.10 Å². The third-order valence-corrected chi connectivity index (χ3v) is 2.93. The molecule has 1 aromatic carbocycles. The molecule has 0 unspecified atom stereocenters. The van der Waals surface area contributed by atoms with Crippen LogP contribution in [0, 0.1) is 0 Å². The fraction of sp³-hybridized carbons (Fsp3) is 0.273. The largest absolute Gasteiger partial charge is 0.496 e. The van der Waals surface area contributed by atoms with Crippen LogP contribution in [0.4, 0.5) is 0 Å². The van der Waals surface area contributed by atoms with Crippen LogP contribution < -0.4 is 10.5 Å². The third-order valence-electron chi connectivity index (χ3n) is 2.44. The van der Waals surface area contributed by atoms with Crippen molar-refractivity contribution < 1.29 is 4.74 Å². The number of hydrogen-bond acceptors (Lipinski definition) is 4. The summed E-state index contributed by atoms with van der Waals surface area (Å²) in [5.41, 5.74) is 6.62. The van der Waals surface area contributed by atoms with Gasteiger partial charge in [-0.05, 0) is 18.2 Å². The molecule has 1 aromatic heterocycles. The fourth-order valence-corrected chi connectivity index (χ4v) is 2.02. The quantitative estimate of drug-likeness (QED) is 0.930. The summed E-state index contributed by atoms with van der Waals surface area (Å²) in [6.45, 7) is 0.964. The first kappa shape index (κ1) is 12.1. The predicted octanol–water partition coefficient (Wildman–Crippen LogP) is 1.56. The van der Waals surface area contributed by atoms with E-state index in [9.17, 15) is 0 Å². The molecule has 17 heavy (non-hydrogen) atoms. The molecule has 2 aromatic rings. The molecule has 5 nitrogen and oxygen atoms in total. The summed E-state index contributed by atoms with van der Waals surface area (Å²) < 4.78 is 8.08. The summed E-state index contributed by atoms with van der Waals surface area (Å²) >= 11 is 3.44. The summed E-state index contributed by atoms with van der Waals surface area (Å²) in [6, 6.07) is 5.85. The average Bonchev–Trinajstić information content (AvgIpc) is 2.77. The number of nitrogens with two attached hydrogens (primary N) is 1. The monoisotopic (exact) mass is 296 g/mol. The molecule has 0 aliphatic heterocycles. The molecule has 0 saturated carbocycles. The Labute approximate surface area is 108 Å². The van der Waals surface area contributed by atoms with Crippen molar-refractivity contribution in [1.82, 2.24) is 14.8 Å². The SMILES string of the molecule is COc1ccc(Br)cc1Cn1ncnc1CN. The van der Waals surface area contributed by atoms with Crippen LogP contribution in [0.15, 0.2) is 29.0 Å². The Bertz CT molecular complexity index is 512. The van der Waals surface area contributed by atoms with Gasteiger partial charge in [0.1, 0.15) is 17.9 Å². The minimum Gasteiger partial charge on any atom is -0.496 e. The Kier molecular flexibility index (Phi) is 3.75. The summed E-state index contributed by atoms with van der Waals surface area (Å²) in [5.74, 6) is 1.58. The van der Waals surface area contributed by atoms with Gasteiger partial charge < -0.3 is 10.5 Å². The van der Waals surface area contributed by atoms with Gasteiger partial charge in [-0.1, -0.05) is 15.9 Å². The van der Waals surface area contributed by atoms with Gasteiger partial charge >= 0.3 is 0 Å². The van der Waals surface area contributed by atoms with Gasteiger partial charge in [0, 0.05) is 10.0 Å². The van der Waals surface area contributed by atoms with E-state index in [1.165, 1.54) is 6.33 Å². The molecular weight excluding hydrogens is 284 g/mol. The normalized spacial score (nSPS) is 10.5. The highest BCUT2D eigenvalue weighted by molar-refractivity contribution is 9.10. The molecule has 90 valence electrons. The molecule has 0 amide bonds. The van der Waals surface area contributed by atoms with Crippen LogP contribution >= 0.6 is 15.9 Å². The van der Waals surface area contributed by atoms with Gasteiger partial charge in [-0.25, -0.2) is 9.67 Å². The predicted molar refractivity (Wildman–Crippen MR) is 67.7 cm³/mol. The van der Waals surface area contributed by atoms with Gasteiger partial charge in [0.15, 0.2) is 0 Å². The molecule has 0 spiro atoms. The Balaban J connectivity index is 2.32. The number of methoxy groups -OCH3 is 1. The van der Waals surface area contributed by atoms with E-state index >= 15 is 0 Å². The first-order chi connectivity index (χ1) is 8.24. The van der Waals surface area contributed by atoms with Crippen LogP contribution in [0.1, 0.15) is 11.4 Å². The lowest BCUT2D eigenvalue weighted by Crippen LogP contribution is -2.11. The second-order valence-electron chi connectivity index (χ2n) is 3.49. The summed E-state index contributed by atoms with van der Waals surface area (Å²) in [6.07, 6.45) is 1.51. The lowest BCUT2D eigenvalue weighted by atomic mass is 10.2. The van der Waals surface area contributed by atoms with Gasteiger partial charge in [0.2, 0.25) is 0 Å². The molecular formula is C11H13BrN4O. The van der Waals surface area contributed by atoms with Crippen molar-refractivity contribution in [1.29, 1.82) is 0 Å². The van der Waals surface area contributed by atoms with Crippen LogP contribution in [-0.2, 0) is 13.1 Å². The molecule has 6 heteroatoms. The van der Waals surface area contributed by atoms with E-state index in [-0.39, 0.29) is 0 Å². The van der Waals surface area contributed by atoms with Crippen LogP contribution in [0.3, 0.4) is 0 Å². The van der Waals surface area contributed by atoms with Crippen molar-refractivity contribution in [3.63, 3.8) is 0 Å². The van der Waals surface area contributed by atoms with Crippen molar-refractivity contribution in [2.24, 2.45) is 5.73 Å². The highest BCUT2D eigenvalue weighted by Gasteiger charge is 2.08. The number of ether oxygens (including phenoxy) is 1. The fourth-order valence-electron chi connectivity index (χ4n) is 1.61. The molecule has 2 rings (SSSR count). The van der Waals surface area contributed by atoms with Gasteiger partial charge in [-0.15, -0.1) is 0 Å². The van der Waals surface area contributed by atoms with E-state index in [0.717, 1.165) is 21.6 Å². The summed E-state index contributed by atoms with van der Waals surface area (Å²) in [7, 11) is 1.65. The second-order valence-corrected chi connectivity index (χ2v) is 4.41. The smallest absolute Gasteiger partial charge is 0.140 e. The molecule has 0 fully saturated rings. The lowest BCUT2D eigenvalue weighted by Gasteiger charge is -2.10. The molecule has 0 bridgehead atoms. The van der Waals surface area contributed by atoms with Crippen molar-refractivity contribution in [3.8, 4) is 5.75 Å². The van der Waals surface area contributed by atoms with E-state index in [2.05, 4.69) is 26.0 Å². The minimum atomic E-state index is 0.371. The van der Waals surface area contributed by atoms with Gasteiger partial charge in [0.05, 0.1) is 20.2 Å². The first-order valence-corrected chi connectivity index (χ1v) is 5.93. The van der Waals surface area contributed by atoms with Crippen molar-refractivity contribution in [2.45, 2.75) is 13.1 Å². The van der Waals surface area contributed by atoms with E-state index in [4.69, 9.17) is 10.5 Å². The van der Waals surface area contributed by atoms with Crippen molar-refractivity contribution >= 4 is 15.9 Å². The van der Waals surface area contributed by atoms with E-state index in [1.807, 2.05) is 18.2 Å². The number of rotatable bonds is 4. The number of hydrogen-bond donors (Lipinski definition) is 1. The highest BCUT2D eigenvalue weighted by atomic mass is 79.9. The summed E-state index contributed by atoms with van der Waals surface area (Å²) in [4.78, 5) is 4.08. The van der Waals surface area contributed by atoms with Gasteiger partial charge in [0.25, 0.3) is 0 Å². The Hall–Kier alpha value is -1.40. The van der Waals surface area contributed by atoms with Gasteiger partial charge in [-0.3, -0.25) is 0 Å². The average molecular weight is 297 g/mol. The van der Waals surface area contributed by atoms with Crippen LogP contribution in [-0.4, -0.2) is 21.9 Å². The number of halogens is 1. The third kappa shape index (κ3) is 2.65. The molecule has 2 N–H and O–H groups in total. The van der Waals surface area contributed by atoms with Crippen molar-refractivity contribution in [3.05, 3.63) is 40.4 Å². The zero-order valence-corrected chi connectivity index (χ0v) is 11.0. The van der Waals surface area contributed by atoms with Crippen LogP contribution in [0.25, 0.3) is 0 Å². The number of nitrogens with zero attached hydrogens (tertiary/aromatic N) is 3. The molecule has 0 atom stereocenters. The summed E-state index contributed by atoms with van der Waals surface area (Å²) in [5, 5.41) is 4.14. The zero-order valence-electron chi connectivity index (χ0n) is 9.43. The number of benzene rings is 1. The first-order valence-electron chi connectivity index (χ1n) is 5.13. The highest BCUT2D eigenvalue weighted by Crippen LogP contribution is 2.23. The second kappa shape index (κ2) is 5.29. The van der Waals surface area contributed by atoms with E-state index in [0.29, 0.717) is 13.1 Å². The van der Waals surface area contributed by atoms with E-state index in [1.54, 1.807) is 11.8 Å². The molecule has 1 heterocycles. The maximum absolute atomic E-state index is 5.59. The van der Waals surface area contributed by atoms with E-state index < -0.39 is 0 Å². The minimum absolute atomic E-state index is 0.371. The van der Waals surface area contributed by atoms with Crippen molar-refractivity contribution in [2.75, 3.05) is 7.11 Å².